The van der Waals surface area contributed by atoms with Crippen molar-refractivity contribution in [2.75, 3.05) is 26.3 Å². The molecule has 1 N–H and O–H groups in total. The fourth-order valence-corrected chi connectivity index (χ4v) is 5.43. The van der Waals surface area contributed by atoms with E-state index in [-0.39, 0.29) is 24.0 Å². The van der Waals surface area contributed by atoms with Gasteiger partial charge in [-0.25, -0.2) is 0 Å². The molecule has 0 bridgehead atoms. The number of benzene rings is 2. The molecule has 2 aromatic carbocycles. The molecule has 3 amide bonds. The number of Topliss-reactive ketones (excluding diaryl/α,β-unsaturated/α-hetero) is 1. The molecule has 0 spiro atoms. The van der Waals surface area contributed by atoms with Crippen LogP contribution in [0.15, 0.2) is 36.4 Å². The van der Waals surface area contributed by atoms with E-state index >= 15 is 0 Å². The monoisotopic (exact) mass is 503 g/mol. The molecule has 194 valence electrons. The van der Waals surface area contributed by atoms with Gasteiger partial charge in [-0.05, 0) is 53.6 Å². The lowest BCUT2D eigenvalue weighted by Crippen LogP contribution is -2.52. The second-order valence-corrected chi connectivity index (χ2v) is 10.3. The summed E-state index contributed by atoms with van der Waals surface area (Å²) in [5, 5.41) is 2.33. The van der Waals surface area contributed by atoms with Gasteiger partial charge in [0.25, 0.3) is 5.91 Å². The Kier molecular flexibility index (Phi) is 7.48. The Morgan fingerprint density at radius 1 is 1.05 bits per heavy atom. The molecule has 5 rings (SSSR count). The molecule has 2 fully saturated rings. The van der Waals surface area contributed by atoms with Crippen molar-refractivity contribution in [2.45, 2.75) is 58.2 Å². The molecule has 2 aromatic rings. The summed E-state index contributed by atoms with van der Waals surface area (Å²) in [6.45, 7) is 6.82. The molecule has 0 aliphatic carbocycles. The molecule has 37 heavy (non-hydrogen) atoms. The summed E-state index contributed by atoms with van der Waals surface area (Å²) in [5.74, 6) is -0.703. The Bertz CT molecular complexity index is 1230. The molecule has 0 aromatic heterocycles. The van der Waals surface area contributed by atoms with Crippen molar-refractivity contribution < 1.29 is 23.9 Å². The van der Waals surface area contributed by atoms with E-state index in [0.717, 1.165) is 49.5 Å². The van der Waals surface area contributed by atoms with Crippen LogP contribution in [0.2, 0.25) is 0 Å². The van der Waals surface area contributed by atoms with Crippen LogP contribution in [0, 0.1) is 6.92 Å². The number of ketones is 1. The van der Waals surface area contributed by atoms with Gasteiger partial charge in [-0.2, -0.15) is 0 Å². The van der Waals surface area contributed by atoms with Crippen LogP contribution in [0.1, 0.15) is 57.4 Å². The summed E-state index contributed by atoms with van der Waals surface area (Å²) >= 11 is 0. The molecule has 3 aliphatic heterocycles. The SMILES string of the molecule is Cc1cc(CC(=O)CCc2ccc3c(c2)CN(C2CCC(=O)NC2=O)C3=O)ccc1CN1CCOCC1. The van der Waals surface area contributed by atoms with Gasteiger partial charge < -0.3 is 9.64 Å². The number of carbonyl (C=O) groups excluding carboxylic acids is 4. The third-order valence-electron chi connectivity index (χ3n) is 7.59. The van der Waals surface area contributed by atoms with Crippen molar-refractivity contribution in [3.8, 4) is 0 Å². The highest BCUT2D eigenvalue weighted by molar-refractivity contribution is 6.05. The molecule has 8 nitrogen and oxygen atoms in total. The van der Waals surface area contributed by atoms with Crippen LogP contribution in [0.25, 0.3) is 0 Å². The van der Waals surface area contributed by atoms with E-state index < -0.39 is 11.9 Å². The molecule has 1 unspecified atom stereocenters. The zero-order valence-corrected chi connectivity index (χ0v) is 21.3. The van der Waals surface area contributed by atoms with Crippen molar-refractivity contribution >= 4 is 23.5 Å². The average molecular weight is 504 g/mol. The number of aryl methyl sites for hydroxylation is 2. The number of rotatable bonds is 8. The van der Waals surface area contributed by atoms with E-state index in [1.807, 2.05) is 12.1 Å². The minimum absolute atomic E-state index is 0.181. The van der Waals surface area contributed by atoms with Gasteiger partial charge in [-0.15, -0.1) is 0 Å². The lowest BCUT2D eigenvalue weighted by atomic mass is 9.98. The highest BCUT2D eigenvalue weighted by Crippen LogP contribution is 2.28. The number of fused-ring (bicyclic) bond motifs is 1. The van der Waals surface area contributed by atoms with Gasteiger partial charge in [-0.3, -0.25) is 29.4 Å². The number of imide groups is 1. The van der Waals surface area contributed by atoms with E-state index in [4.69, 9.17) is 4.74 Å². The summed E-state index contributed by atoms with van der Waals surface area (Å²) in [6, 6.07) is 11.4. The zero-order chi connectivity index (χ0) is 25.9. The molecule has 0 radical (unpaired) electrons. The van der Waals surface area contributed by atoms with Crippen LogP contribution in [-0.2, 0) is 45.1 Å². The molecule has 2 saturated heterocycles. The number of nitrogens with one attached hydrogen (secondary N) is 1. The number of hydrogen-bond donors (Lipinski definition) is 1. The maximum atomic E-state index is 12.9. The van der Waals surface area contributed by atoms with Crippen molar-refractivity contribution in [3.63, 3.8) is 0 Å². The normalized spacial score (nSPS) is 20.2. The summed E-state index contributed by atoms with van der Waals surface area (Å²) in [7, 11) is 0. The Morgan fingerprint density at radius 2 is 1.84 bits per heavy atom. The first-order valence-electron chi connectivity index (χ1n) is 13.0. The van der Waals surface area contributed by atoms with Crippen molar-refractivity contribution in [1.82, 2.24) is 15.1 Å². The fraction of sp³-hybridized carbons (Fsp3) is 0.448. The number of ether oxygens (including phenoxy) is 1. The number of morpholine rings is 1. The Labute approximate surface area is 217 Å². The van der Waals surface area contributed by atoms with Gasteiger partial charge in [0.2, 0.25) is 11.8 Å². The predicted molar refractivity (Wildman–Crippen MR) is 137 cm³/mol. The maximum absolute atomic E-state index is 12.9. The van der Waals surface area contributed by atoms with Crippen LogP contribution in [0.4, 0.5) is 0 Å². The predicted octanol–water partition coefficient (Wildman–Crippen LogP) is 2.33. The third kappa shape index (κ3) is 5.81. The van der Waals surface area contributed by atoms with E-state index in [1.165, 1.54) is 11.1 Å². The van der Waals surface area contributed by atoms with Crippen LogP contribution >= 0.6 is 0 Å². The Balaban J connectivity index is 1.15. The first kappa shape index (κ1) is 25.3. The smallest absolute Gasteiger partial charge is 0.255 e. The first-order valence-corrected chi connectivity index (χ1v) is 13.0. The number of hydrogen-bond acceptors (Lipinski definition) is 6. The maximum Gasteiger partial charge on any atom is 0.255 e. The zero-order valence-electron chi connectivity index (χ0n) is 21.3. The molecule has 0 saturated carbocycles. The molecule has 1 atom stereocenters. The minimum atomic E-state index is -0.619. The summed E-state index contributed by atoms with van der Waals surface area (Å²) < 4.78 is 5.43. The fourth-order valence-electron chi connectivity index (χ4n) is 5.43. The van der Waals surface area contributed by atoms with E-state index in [9.17, 15) is 19.2 Å². The van der Waals surface area contributed by atoms with Crippen molar-refractivity contribution in [2.24, 2.45) is 0 Å². The highest BCUT2D eigenvalue weighted by Gasteiger charge is 2.39. The van der Waals surface area contributed by atoms with Gasteiger partial charge in [0.1, 0.15) is 11.8 Å². The minimum Gasteiger partial charge on any atom is -0.379 e. The van der Waals surface area contributed by atoms with Crippen LogP contribution in [0.5, 0.6) is 0 Å². The van der Waals surface area contributed by atoms with Crippen molar-refractivity contribution in [3.05, 3.63) is 69.8 Å². The van der Waals surface area contributed by atoms with E-state index in [2.05, 4.69) is 35.3 Å². The van der Waals surface area contributed by atoms with Gasteiger partial charge >= 0.3 is 0 Å². The molecular formula is C29H33N3O5. The second kappa shape index (κ2) is 10.9. The highest BCUT2D eigenvalue weighted by atomic mass is 16.5. The van der Waals surface area contributed by atoms with Gasteiger partial charge in [0, 0.05) is 51.0 Å². The van der Waals surface area contributed by atoms with E-state index in [1.54, 1.807) is 11.0 Å². The molecule has 8 heteroatoms. The van der Waals surface area contributed by atoms with E-state index in [0.29, 0.717) is 37.8 Å². The second-order valence-electron chi connectivity index (χ2n) is 10.3. The third-order valence-corrected chi connectivity index (χ3v) is 7.59. The number of piperidine rings is 1. The number of amides is 3. The topological polar surface area (TPSA) is 96.0 Å². The largest absolute Gasteiger partial charge is 0.379 e. The number of nitrogens with zero attached hydrogens (tertiary/aromatic N) is 2. The molecular weight excluding hydrogens is 470 g/mol. The summed E-state index contributed by atoms with van der Waals surface area (Å²) in [5.41, 5.74) is 5.99. The standard InChI is InChI=1S/C29H33N3O5/c1-19-14-21(2-5-22(19)17-31-10-12-37-13-11-31)16-24(33)6-3-20-4-7-25-23(15-20)18-32(29(25)36)26-8-9-27(34)30-28(26)35/h2,4-5,7,14-15,26H,3,6,8-13,16-18H2,1H3,(H,30,34,35). The Hall–Kier alpha value is -3.36. The van der Waals surface area contributed by atoms with Crippen molar-refractivity contribution in [1.29, 1.82) is 0 Å². The quantitative estimate of drug-likeness (QED) is 0.556. The summed E-state index contributed by atoms with van der Waals surface area (Å²) in [4.78, 5) is 53.3. The average Bonchev–Trinajstić information content (AvgIpc) is 3.20. The van der Waals surface area contributed by atoms with Gasteiger partial charge in [-0.1, -0.05) is 30.3 Å². The van der Waals surface area contributed by atoms with Crippen LogP contribution < -0.4 is 5.32 Å². The lowest BCUT2D eigenvalue weighted by Gasteiger charge is -2.29. The molecule has 3 aliphatic rings. The number of carbonyl (C=O) groups is 4. The molecule has 3 heterocycles. The van der Waals surface area contributed by atoms with Crippen LogP contribution in [0.3, 0.4) is 0 Å². The van der Waals surface area contributed by atoms with Gasteiger partial charge in [0.15, 0.2) is 0 Å². The lowest BCUT2D eigenvalue weighted by molar-refractivity contribution is -0.137. The Morgan fingerprint density at radius 3 is 2.59 bits per heavy atom. The first-order chi connectivity index (χ1) is 17.9. The van der Waals surface area contributed by atoms with Gasteiger partial charge in [0.05, 0.1) is 13.2 Å². The van der Waals surface area contributed by atoms with Crippen LogP contribution in [-0.4, -0.2) is 65.6 Å². The summed E-state index contributed by atoms with van der Waals surface area (Å²) in [6.07, 6.45) is 2.02.